The van der Waals surface area contributed by atoms with E-state index in [9.17, 15) is 18.0 Å². The molecule has 4 heterocycles. The van der Waals surface area contributed by atoms with Crippen LogP contribution in [0, 0.1) is 0 Å². The standard InChI is InChI=1S/C23H22F3N5O/c1-15-14-30(18-6-4-17(5-7-18)23(24,25)26)22(32)21-19(13-28-31(15)21)16-8-9-27-20(12-16)29-10-2-3-11-29/h4-9,12-13,15H,2-3,10-11,14H2,1H3/t15-/m0/s1. The SMILES string of the molecule is C[C@H]1CN(c2ccc(C(F)(F)F)cc2)C(=O)c2c(-c3ccnc(N4CCCC4)c3)cnn21. The van der Waals surface area contributed by atoms with Gasteiger partial charge in [0.1, 0.15) is 11.5 Å². The second-order valence-electron chi connectivity index (χ2n) is 8.26. The maximum absolute atomic E-state index is 13.5. The summed E-state index contributed by atoms with van der Waals surface area (Å²) in [6.45, 7) is 4.18. The van der Waals surface area contributed by atoms with Crippen molar-refractivity contribution in [2.75, 3.05) is 29.4 Å². The Labute approximate surface area is 183 Å². The number of hydrogen-bond donors (Lipinski definition) is 0. The van der Waals surface area contributed by atoms with Crippen molar-refractivity contribution >= 4 is 17.4 Å². The van der Waals surface area contributed by atoms with Gasteiger partial charge in [-0.25, -0.2) is 4.98 Å². The Morgan fingerprint density at radius 3 is 2.47 bits per heavy atom. The zero-order valence-electron chi connectivity index (χ0n) is 17.5. The zero-order chi connectivity index (χ0) is 22.5. The van der Waals surface area contributed by atoms with Gasteiger partial charge in [0.25, 0.3) is 5.91 Å². The highest BCUT2D eigenvalue weighted by Gasteiger charge is 2.35. The second-order valence-corrected chi connectivity index (χ2v) is 8.26. The van der Waals surface area contributed by atoms with E-state index in [1.165, 1.54) is 17.0 Å². The van der Waals surface area contributed by atoms with E-state index in [1.54, 1.807) is 17.1 Å². The molecule has 0 radical (unpaired) electrons. The number of amides is 1. The van der Waals surface area contributed by atoms with Crippen LogP contribution in [0.25, 0.3) is 11.1 Å². The highest BCUT2D eigenvalue weighted by molar-refractivity contribution is 6.09. The number of rotatable bonds is 3. The van der Waals surface area contributed by atoms with Crippen molar-refractivity contribution in [3.8, 4) is 11.1 Å². The number of pyridine rings is 1. The Bertz CT molecular complexity index is 1150. The van der Waals surface area contributed by atoms with Gasteiger partial charge in [-0.2, -0.15) is 18.3 Å². The van der Waals surface area contributed by atoms with Crippen LogP contribution in [-0.2, 0) is 6.18 Å². The molecule has 166 valence electrons. The van der Waals surface area contributed by atoms with Crippen LogP contribution in [0.15, 0.2) is 48.8 Å². The second kappa shape index (κ2) is 7.65. The molecule has 0 saturated carbocycles. The van der Waals surface area contributed by atoms with Gasteiger partial charge in [-0.15, -0.1) is 0 Å². The van der Waals surface area contributed by atoms with Crippen molar-refractivity contribution in [3.63, 3.8) is 0 Å². The van der Waals surface area contributed by atoms with Crippen LogP contribution in [0.5, 0.6) is 0 Å². The van der Waals surface area contributed by atoms with E-state index in [-0.39, 0.29) is 11.9 Å². The summed E-state index contributed by atoms with van der Waals surface area (Å²) in [6, 6.07) is 8.40. The minimum Gasteiger partial charge on any atom is -0.357 e. The molecular formula is C23H22F3N5O. The third-order valence-electron chi connectivity index (χ3n) is 6.10. The lowest BCUT2D eigenvalue weighted by Gasteiger charge is -2.32. The predicted octanol–water partition coefficient (Wildman–Crippen LogP) is 4.79. The van der Waals surface area contributed by atoms with Gasteiger partial charge in [0.05, 0.1) is 17.8 Å². The molecular weight excluding hydrogens is 419 g/mol. The van der Waals surface area contributed by atoms with Crippen LogP contribution in [0.1, 0.15) is 41.9 Å². The summed E-state index contributed by atoms with van der Waals surface area (Å²) in [5.74, 6) is 0.589. The first kappa shape index (κ1) is 20.5. The lowest BCUT2D eigenvalue weighted by Crippen LogP contribution is -2.42. The number of hydrogen-bond acceptors (Lipinski definition) is 4. The maximum atomic E-state index is 13.5. The largest absolute Gasteiger partial charge is 0.416 e. The summed E-state index contributed by atoms with van der Waals surface area (Å²) >= 11 is 0. The van der Waals surface area contributed by atoms with E-state index >= 15 is 0 Å². The van der Waals surface area contributed by atoms with Crippen LogP contribution < -0.4 is 9.80 Å². The van der Waals surface area contributed by atoms with Crippen molar-refractivity contribution in [1.29, 1.82) is 0 Å². The molecule has 1 amide bonds. The number of fused-ring (bicyclic) bond motifs is 1. The van der Waals surface area contributed by atoms with E-state index < -0.39 is 11.7 Å². The van der Waals surface area contributed by atoms with E-state index in [0.717, 1.165) is 49.4 Å². The van der Waals surface area contributed by atoms with E-state index in [2.05, 4.69) is 15.0 Å². The number of carbonyl (C=O) groups excluding carboxylic acids is 1. The topological polar surface area (TPSA) is 54.3 Å². The summed E-state index contributed by atoms with van der Waals surface area (Å²) in [7, 11) is 0. The van der Waals surface area contributed by atoms with Gasteiger partial charge in [0, 0.05) is 37.1 Å². The Hall–Kier alpha value is -3.36. The summed E-state index contributed by atoms with van der Waals surface area (Å²) in [6.07, 6.45) is 1.26. The van der Waals surface area contributed by atoms with Crippen molar-refractivity contribution in [2.24, 2.45) is 0 Å². The van der Waals surface area contributed by atoms with Gasteiger partial charge in [-0.3, -0.25) is 9.48 Å². The minimum absolute atomic E-state index is 0.126. The normalized spacial score (nSPS) is 18.9. The van der Waals surface area contributed by atoms with Crippen molar-refractivity contribution in [3.05, 3.63) is 60.0 Å². The molecule has 0 bridgehead atoms. The van der Waals surface area contributed by atoms with Gasteiger partial charge in [-0.1, -0.05) is 0 Å². The number of carbonyl (C=O) groups is 1. The molecule has 0 unspecified atom stereocenters. The molecule has 2 aliphatic rings. The summed E-state index contributed by atoms with van der Waals surface area (Å²) in [4.78, 5) is 21.7. The van der Waals surface area contributed by atoms with Crippen LogP contribution in [0.2, 0.25) is 0 Å². The summed E-state index contributed by atoms with van der Waals surface area (Å²) < 4.78 is 40.5. The monoisotopic (exact) mass is 441 g/mol. The summed E-state index contributed by atoms with van der Waals surface area (Å²) in [5.41, 5.74) is 1.66. The molecule has 2 aliphatic heterocycles. The first-order valence-corrected chi connectivity index (χ1v) is 10.6. The molecule has 1 aromatic carbocycles. The smallest absolute Gasteiger partial charge is 0.357 e. The third-order valence-corrected chi connectivity index (χ3v) is 6.10. The predicted molar refractivity (Wildman–Crippen MR) is 115 cm³/mol. The number of alkyl halides is 3. The van der Waals surface area contributed by atoms with Crippen LogP contribution in [0.4, 0.5) is 24.7 Å². The molecule has 6 nitrogen and oxygen atoms in total. The van der Waals surface area contributed by atoms with Gasteiger partial charge in [0.15, 0.2) is 0 Å². The Balaban J connectivity index is 1.50. The van der Waals surface area contributed by atoms with Crippen molar-refractivity contribution in [1.82, 2.24) is 14.8 Å². The molecule has 0 aliphatic carbocycles. The fourth-order valence-corrected chi connectivity index (χ4v) is 4.43. The molecule has 3 aromatic rings. The quantitative estimate of drug-likeness (QED) is 0.587. The van der Waals surface area contributed by atoms with E-state index in [1.807, 2.05) is 19.1 Å². The van der Waals surface area contributed by atoms with E-state index in [4.69, 9.17) is 0 Å². The third kappa shape index (κ3) is 3.51. The van der Waals surface area contributed by atoms with Crippen molar-refractivity contribution < 1.29 is 18.0 Å². The lowest BCUT2D eigenvalue weighted by molar-refractivity contribution is -0.137. The number of anilines is 2. The number of aromatic nitrogens is 3. The minimum atomic E-state index is -4.42. The molecule has 1 atom stereocenters. The molecule has 1 saturated heterocycles. The van der Waals surface area contributed by atoms with Crippen LogP contribution in [-0.4, -0.2) is 40.3 Å². The maximum Gasteiger partial charge on any atom is 0.416 e. The molecule has 1 fully saturated rings. The summed E-state index contributed by atoms with van der Waals surface area (Å²) in [5, 5.41) is 4.45. The number of nitrogens with zero attached hydrogens (tertiary/aromatic N) is 5. The average Bonchev–Trinajstić information content (AvgIpc) is 3.47. The van der Waals surface area contributed by atoms with Crippen LogP contribution in [0.3, 0.4) is 0 Å². The molecule has 5 rings (SSSR count). The lowest BCUT2D eigenvalue weighted by atomic mass is 10.0. The first-order valence-electron chi connectivity index (χ1n) is 10.6. The van der Waals surface area contributed by atoms with Crippen molar-refractivity contribution in [2.45, 2.75) is 32.0 Å². The molecule has 32 heavy (non-hydrogen) atoms. The van der Waals surface area contributed by atoms with Gasteiger partial charge in [-0.05, 0) is 61.7 Å². The fourth-order valence-electron chi connectivity index (χ4n) is 4.43. The fraction of sp³-hybridized carbons (Fsp3) is 0.348. The highest BCUT2D eigenvalue weighted by Crippen LogP contribution is 2.35. The number of benzene rings is 1. The average molecular weight is 441 g/mol. The molecule has 2 aromatic heterocycles. The van der Waals surface area contributed by atoms with Crippen LogP contribution >= 0.6 is 0 Å². The molecule has 9 heteroatoms. The Kier molecular flexibility index (Phi) is 4.91. The van der Waals surface area contributed by atoms with Gasteiger partial charge >= 0.3 is 6.18 Å². The highest BCUT2D eigenvalue weighted by atomic mass is 19.4. The Morgan fingerprint density at radius 1 is 1.06 bits per heavy atom. The Morgan fingerprint density at radius 2 is 1.78 bits per heavy atom. The molecule has 0 spiro atoms. The molecule has 0 N–H and O–H groups in total. The van der Waals surface area contributed by atoms with E-state index in [0.29, 0.717) is 23.5 Å². The van der Waals surface area contributed by atoms with Gasteiger partial charge in [0.2, 0.25) is 0 Å². The zero-order valence-corrected chi connectivity index (χ0v) is 17.5. The first-order chi connectivity index (χ1) is 15.3. The number of halogens is 3. The van der Waals surface area contributed by atoms with Gasteiger partial charge < -0.3 is 9.80 Å².